The molecule has 0 fully saturated rings. The summed E-state index contributed by atoms with van der Waals surface area (Å²) in [5, 5.41) is 0. The van der Waals surface area contributed by atoms with Crippen LogP contribution >= 0.6 is 7.80 Å². The first-order chi connectivity index (χ1) is 5.20. The molecule has 0 radical (unpaired) electrons. The SMILES string of the molecule is CCOC(C[P+](C)=O)OCC. The van der Waals surface area contributed by atoms with Crippen molar-refractivity contribution < 1.29 is 14.0 Å². The average Bonchev–Trinajstić information content (AvgIpc) is 1.87. The number of rotatable bonds is 6. The predicted molar refractivity (Wildman–Crippen MR) is 45.4 cm³/mol. The number of ether oxygens (including phenoxy) is 2. The zero-order chi connectivity index (χ0) is 8.69. The van der Waals surface area contributed by atoms with Crippen molar-refractivity contribution in [2.45, 2.75) is 20.1 Å². The summed E-state index contributed by atoms with van der Waals surface area (Å²) < 4.78 is 21.2. The lowest BCUT2D eigenvalue weighted by atomic mass is 10.7. The van der Waals surface area contributed by atoms with Crippen molar-refractivity contribution in [1.29, 1.82) is 0 Å². The van der Waals surface area contributed by atoms with Crippen LogP contribution in [-0.4, -0.2) is 32.3 Å². The Labute approximate surface area is 68.9 Å². The van der Waals surface area contributed by atoms with Crippen molar-refractivity contribution in [2.24, 2.45) is 0 Å². The summed E-state index contributed by atoms with van der Waals surface area (Å²) in [5.74, 6) is 0. The van der Waals surface area contributed by atoms with Crippen molar-refractivity contribution in [1.82, 2.24) is 0 Å². The van der Waals surface area contributed by atoms with E-state index in [9.17, 15) is 4.57 Å². The molecule has 0 saturated carbocycles. The molecule has 4 heteroatoms. The van der Waals surface area contributed by atoms with Gasteiger partial charge in [-0.3, -0.25) is 0 Å². The Balaban J connectivity index is 3.59. The molecule has 1 unspecified atom stereocenters. The molecule has 0 amide bonds. The molecule has 0 heterocycles. The maximum absolute atomic E-state index is 10.8. The van der Waals surface area contributed by atoms with Crippen LogP contribution in [0.3, 0.4) is 0 Å². The minimum absolute atomic E-state index is 0.279. The molecule has 0 rings (SSSR count). The van der Waals surface area contributed by atoms with Gasteiger partial charge in [0.2, 0.25) is 6.29 Å². The quantitative estimate of drug-likeness (QED) is 0.461. The molecule has 0 aliphatic heterocycles. The Morgan fingerprint density at radius 2 is 1.73 bits per heavy atom. The zero-order valence-corrected chi connectivity index (χ0v) is 8.27. The Bertz CT molecular complexity index is 110. The van der Waals surface area contributed by atoms with Crippen LogP contribution in [0.15, 0.2) is 0 Å². The second-order valence-electron chi connectivity index (χ2n) is 2.15. The van der Waals surface area contributed by atoms with Crippen LogP contribution in [0.1, 0.15) is 13.8 Å². The summed E-state index contributed by atoms with van der Waals surface area (Å²) in [6.07, 6.45) is 0.218. The van der Waals surface area contributed by atoms with E-state index < -0.39 is 7.80 Å². The molecule has 0 aliphatic rings. The molecule has 0 aliphatic carbocycles. The Hall–Kier alpha value is 0.0200. The van der Waals surface area contributed by atoms with Gasteiger partial charge < -0.3 is 9.47 Å². The van der Waals surface area contributed by atoms with Gasteiger partial charge in [-0.25, -0.2) is 0 Å². The highest BCUT2D eigenvalue weighted by Crippen LogP contribution is 2.17. The third-order valence-electron chi connectivity index (χ3n) is 1.11. The second-order valence-corrected chi connectivity index (χ2v) is 3.77. The van der Waals surface area contributed by atoms with Crippen LogP contribution < -0.4 is 0 Å². The van der Waals surface area contributed by atoms with E-state index in [0.717, 1.165) is 0 Å². The molecule has 0 aromatic carbocycles. The van der Waals surface area contributed by atoms with E-state index in [1.807, 2.05) is 13.8 Å². The lowest BCUT2D eigenvalue weighted by molar-refractivity contribution is -0.120. The van der Waals surface area contributed by atoms with E-state index in [1.54, 1.807) is 6.66 Å². The van der Waals surface area contributed by atoms with Gasteiger partial charge in [-0.15, -0.1) is 0 Å². The summed E-state index contributed by atoms with van der Waals surface area (Å²) in [7, 11) is -1.16. The van der Waals surface area contributed by atoms with Gasteiger partial charge in [-0.2, -0.15) is 0 Å². The first-order valence-corrected chi connectivity index (χ1v) is 5.71. The van der Waals surface area contributed by atoms with Gasteiger partial charge in [-0.1, -0.05) is 4.57 Å². The van der Waals surface area contributed by atoms with E-state index in [0.29, 0.717) is 19.4 Å². The largest absolute Gasteiger partial charge is 0.349 e. The van der Waals surface area contributed by atoms with Crippen LogP contribution in [0.5, 0.6) is 0 Å². The lowest BCUT2D eigenvalue weighted by Gasteiger charge is -2.10. The highest BCUT2D eigenvalue weighted by atomic mass is 31.1. The van der Waals surface area contributed by atoms with E-state index in [2.05, 4.69) is 0 Å². The van der Waals surface area contributed by atoms with E-state index >= 15 is 0 Å². The van der Waals surface area contributed by atoms with Crippen LogP contribution in [0.4, 0.5) is 0 Å². The predicted octanol–water partition coefficient (Wildman–Crippen LogP) is 1.84. The Kier molecular flexibility index (Phi) is 6.73. The average molecular weight is 179 g/mol. The van der Waals surface area contributed by atoms with E-state index in [-0.39, 0.29) is 6.29 Å². The molecule has 0 bridgehead atoms. The fraction of sp³-hybridized carbons (Fsp3) is 1.00. The maximum Gasteiger partial charge on any atom is 0.340 e. The van der Waals surface area contributed by atoms with Gasteiger partial charge in [0.25, 0.3) is 0 Å². The topological polar surface area (TPSA) is 35.5 Å². The van der Waals surface area contributed by atoms with Crippen molar-refractivity contribution in [3.8, 4) is 0 Å². The molecule has 1 atom stereocenters. The molecule has 0 saturated heterocycles. The van der Waals surface area contributed by atoms with Gasteiger partial charge >= 0.3 is 7.80 Å². The molecule has 66 valence electrons. The monoisotopic (exact) mass is 179 g/mol. The standard InChI is InChI=1S/C7H16O3P/c1-4-9-7(10-5-2)6-11(3)8/h7H,4-6H2,1-3H3/q+1. The van der Waals surface area contributed by atoms with Crippen LogP contribution in [0, 0.1) is 0 Å². The van der Waals surface area contributed by atoms with Crippen molar-refractivity contribution in [3.63, 3.8) is 0 Å². The number of hydrogen-bond donors (Lipinski definition) is 0. The number of hydrogen-bond acceptors (Lipinski definition) is 3. The van der Waals surface area contributed by atoms with Gasteiger partial charge in [0.15, 0.2) is 6.16 Å². The van der Waals surface area contributed by atoms with Gasteiger partial charge in [0.1, 0.15) is 6.66 Å². The minimum Gasteiger partial charge on any atom is -0.349 e. The summed E-state index contributed by atoms with van der Waals surface area (Å²) in [6.45, 7) is 6.69. The smallest absolute Gasteiger partial charge is 0.340 e. The second kappa shape index (κ2) is 6.71. The van der Waals surface area contributed by atoms with Crippen LogP contribution in [0.2, 0.25) is 0 Å². The van der Waals surface area contributed by atoms with Crippen LogP contribution in [0.25, 0.3) is 0 Å². The molecule has 0 N–H and O–H groups in total. The molecule has 0 aromatic heterocycles. The maximum atomic E-state index is 10.8. The summed E-state index contributed by atoms with van der Waals surface area (Å²) in [6, 6.07) is 0. The molecule has 11 heavy (non-hydrogen) atoms. The van der Waals surface area contributed by atoms with Gasteiger partial charge in [-0.05, 0) is 13.8 Å². The minimum atomic E-state index is -1.16. The highest BCUT2D eigenvalue weighted by Gasteiger charge is 2.18. The Morgan fingerprint density at radius 3 is 2.00 bits per heavy atom. The molecule has 3 nitrogen and oxygen atoms in total. The zero-order valence-electron chi connectivity index (χ0n) is 7.37. The third-order valence-corrected chi connectivity index (χ3v) is 1.92. The summed E-state index contributed by atoms with van der Waals surface area (Å²) in [4.78, 5) is 0. The first kappa shape index (κ1) is 11.0. The molecule has 0 aromatic rings. The van der Waals surface area contributed by atoms with E-state index in [1.165, 1.54) is 0 Å². The fourth-order valence-corrected chi connectivity index (χ4v) is 1.37. The summed E-state index contributed by atoms with van der Waals surface area (Å²) >= 11 is 0. The van der Waals surface area contributed by atoms with Crippen molar-refractivity contribution in [2.75, 3.05) is 26.0 Å². The lowest BCUT2D eigenvalue weighted by Crippen LogP contribution is -2.19. The fourth-order valence-electron chi connectivity index (χ4n) is 0.735. The molecule has 0 spiro atoms. The third kappa shape index (κ3) is 6.42. The van der Waals surface area contributed by atoms with Crippen molar-refractivity contribution in [3.05, 3.63) is 0 Å². The summed E-state index contributed by atoms with van der Waals surface area (Å²) in [5.41, 5.74) is 0. The van der Waals surface area contributed by atoms with E-state index in [4.69, 9.17) is 9.47 Å². The Morgan fingerprint density at radius 1 is 1.27 bits per heavy atom. The van der Waals surface area contributed by atoms with Gasteiger partial charge in [0, 0.05) is 13.2 Å². The first-order valence-electron chi connectivity index (χ1n) is 3.82. The molecular weight excluding hydrogens is 163 g/mol. The highest BCUT2D eigenvalue weighted by molar-refractivity contribution is 7.43. The van der Waals surface area contributed by atoms with Crippen LogP contribution in [-0.2, 0) is 14.0 Å². The van der Waals surface area contributed by atoms with Gasteiger partial charge in [0.05, 0.1) is 0 Å². The van der Waals surface area contributed by atoms with Crippen molar-refractivity contribution >= 4 is 7.80 Å². The molecular formula is C7H16O3P+. The normalized spacial score (nSPS) is 12.2.